The topological polar surface area (TPSA) is 55.4 Å². The van der Waals surface area contributed by atoms with Crippen molar-refractivity contribution < 1.29 is 9.50 Å². The average Bonchev–Trinajstić information content (AvgIpc) is 3.19. The molecule has 1 aromatic heterocycles. The van der Waals surface area contributed by atoms with Crippen molar-refractivity contribution in [3.8, 4) is 11.3 Å². The van der Waals surface area contributed by atoms with E-state index in [-0.39, 0.29) is 12.4 Å². The number of nitrogens with zero attached hydrogens (tertiary/aromatic N) is 3. The Kier molecular flexibility index (Phi) is 6.34. The molecule has 4 rings (SSSR count). The molecule has 0 bridgehead atoms. The summed E-state index contributed by atoms with van der Waals surface area (Å²) in [6.45, 7) is 4.71. The summed E-state index contributed by atoms with van der Waals surface area (Å²) in [4.78, 5) is 4.89. The summed E-state index contributed by atoms with van der Waals surface area (Å²) in [6.07, 6.45) is 2.62. The van der Waals surface area contributed by atoms with Crippen molar-refractivity contribution in [3.63, 3.8) is 0 Å². The number of benzene rings is 2. The summed E-state index contributed by atoms with van der Waals surface area (Å²) < 4.78 is 13.3. The molecule has 1 aliphatic heterocycles. The number of hydrogen-bond acceptors (Lipinski definition) is 4. The molecule has 6 heteroatoms. The molecule has 2 N–H and O–H groups in total. The van der Waals surface area contributed by atoms with E-state index in [1.165, 1.54) is 17.7 Å². The number of aromatic amines is 1. The minimum atomic E-state index is -0.240. The van der Waals surface area contributed by atoms with E-state index >= 15 is 0 Å². The summed E-state index contributed by atoms with van der Waals surface area (Å²) in [7, 11) is 0. The van der Waals surface area contributed by atoms with Crippen LogP contribution in [0.15, 0.2) is 60.8 Å². The van der Waals surface area contributed by atoms with Gasteiger partial charge in [0.1, 0.15) is 5.82 Å². The molecule has 2 heterocycles. The molecule has 3 aromatic rings. The van der Waals surface area contributed by atoms with Crippen molar-refractivity contribution in [2.75, 3.05) is 26.2 Å². The third-order valence-corrected chi connectivity index (χ3v) is 5.62. The molecule has 0 aliphatic carbocycles. The molecule has 152 valence electrons. The van der Waals surface area contributed by atoms with Gasteiger partial charge in [0.2, 0.25) is 0 Å². The molecule has 1 aliphatic rings. The third-order valence-electron chi connectivity index (χ3n) is 5.62. The van der Waals surface area contributed by atoms with E-state index in [2.05, 4.69) is 44.3 Å². The van der Waals surface area contributed by atoms with Crippen LogP contribution in [0.25, 0.3) is 11.3 Å². The van der Waals surface area contributed by atoms with Crippen LogP contribution in [0.1, 0.15) is 17.5 Å². The maximum Gasteiger partial charge on any atom is 0.123 e. The maximum absolute atomic E-state index is 13.3. The van der Waals surface area contributed by atoms with Crippen LogP contribution in [0.4, 0.5) is 4.39 Å². The Labute approximate surface area is 170 Å². The Bertz CT molecular complexity index is 897. The van der Waals surface area contributed by atoms with Crippen molar-refractivity contribution in [2.24, 2.45) is 0 Å². The number of nitrogens with one attached hydrogen (secondary N) is 1. The van der Waals surface area contributed by atoms with Gasteiger partial charge in [0.15, 0.2) is 0 Å². The van der Waals surface area contributed by atoms with Crippen LogP contribution in [-0.2, 0) is 13.1 Å². The molecular weight excluding hydrogens is 367 g/mol. The van der Waals surface area contributed by atoms with Gasteiger partial charge in [-0.15, -0.1) is 0 Å². The number of H-pyrrole nitrogens is 1. The highest BCUT2D eigenvalue weighted by Gasteiger charge is 2.27. The molecule has 0 saturated carbocycles. The lowest BCUT2D eigenvalue weighted by Crippen LogP contribution is -2.52. The summed E-state index contributed by atoms with van der Waals surface area (Å²) in [5.41, 5.74) is 4.29. The standard InChI is InChI=1S/C23H27FN4O/c24-21-8-6-19(7-9-21)23-20(14-25-26-23)16-27-11-12-28(22(17-27)10-13-29)15-18-4-2-1-3-5-18/h1-9,14,22,29H,10-13,15-17H2,(H,25,26). The van der Waals surface area contributed by atoms with E-state index in [9.17, 15) is 9.50 Å². The number of aliphatic hydroxyl groups excluding tert-OH is 1. The Morgan fingerprint density at radius 2 is 1.83 bits per heavy atom. The zero-order valence-corrected chi connectivity index (χ0v) is 16.5. The van der Waals surface area contributed by atoms with Crippen molar-refractivity contribution in [1.29, 1.82) is 0 Å². The Morgan fingerprint density at radius 3 is 2.59 bits per heavy atom. The average molecular weight is 394 g/mol. The van der Waals surface area contributed by atoms with Gasteiger partial charge in [-0.2, -0.15) is 5.10 Å². The summed E-state index contributed by atoms with van der Waals surface area (Å²) >= 11 is 0. The lowest BCUT2D eigenvalue weighted by molar-refractivity contribution is 0.0500. The van der Waals surface area contributed by atoms with Crippen LogP contribution in [0.3, 0.4) is 0 Å². The van der Waals surface area contributed by atoms with Crippen molar-refractivity contribution in [3.05, 3.63) is 77.7 Å². The number of halogens is 1. The summed E-state index contributed by atoms with van der Waals surface area (Å²) in [5, 5.41) is 16.8. The highest BCUT2D eigenvalue weighted by Crippen LogP contribution is 2.24. The van der Waals surface area contributed by atoms with Crippen LogP contribution in [0, 0.1) is 5.82 Å². The van der Waals surface area contributed by atoms with Crippen LogP contribution in [-0.4, -0.2) is 57.4 Å². The molecule has 1 saturated heterocycles. The number of aliphatic hydroxyl groups is 1. The normalized spacial score (nSPS) is 18.2. The minimum Gasteiger partial charge on any atom is -0.396 e. The molecule has 0 radical (unpaired) electrons. The van der Waals surface area contributed by atoms with Crippen LogP contribution >= 0.6 is 0 Å². The first kappa shape index (κ1) is 19.8. The van der Waals surface area contributed by atoms with Gasteiger partial charge < -0.3 is 5.11 Å². The highest BCUT2D eigenvalue weighted by atomic mass is 19.1. The van der Waals surface area contributed by atoms with E-state index in [1.54, 1.807) is 12.1 Å². The second-order valence-corrected chi connectivity index (χ2v) is 7.63. The molecule has 1 fully saturated rings. The van der Waals surface area contributed by atoms with Gasteiger partial charge in [-0.3, -0.25) is 14.9 Å². The van der Waals surface area contributed by atoms with E-state index in [0.29, 0.717) is 6.04 Å². The molecule has 1 atom stereocenters. The predicted molar refractivity (Wildman–Crippen MR) is 112 cm³/mol. The van der Waals surface area contributed by atoms with Crippen LogP contribution in [0.2, 0.25) is 0 Å². The second kappa shape index (κ2) is 9.31. The fraction of sp³-hybridized carbons (Fsp3) is 0.348. The van der Waals surface area contributed by atoms with Crippen molar-refractivity contribution in [1.82, 2.24) is 20.0 Å². The number of hydrogen-bond donors (Lipinski definition) is 2. The fourth-order valence-corrected chi connectivity index (χ4v) is 4.09. The van der Waals surface area contributed by atoms with Crippen LogP contribution in [0.5, 0.6) is 0 Å². The van der Waals surface area contributed by atoms with Gasteiger partial charge in [-0.1, -0.05) is 30.3 Å². The molecular formula is C23H27FN4O. The maximum atomic E-state index is 13.3. The van der Waals surface area contributed by atoms with E-state index in [1.807, 2.05) is 12.3 Å². The molecule has 1 unspecified atom stereocenters. The Balaban J connectivity index is 1.43. The monoisotopic (exact) mass is 394 g/mol. The SMILES string of the molecule is OCCC1CN(Cc2cn[nH]c2-c2ccc(F)cc2)CCN1Cc1ccccc1. The Morgan fingerprint density at radius 1 is 1.03 bits per heavy atom. The predicted octanol–water partition coefficient (Wildman–Crippen LogP) is 3.28. The number of rotatable bonds is 7. The quantitative estimate of drug-likeness (QED) is 0.646. The van der Waals surface area contributed by atoms with Crippen molar-refractivity contribution in [2.45, 2.75) is 25.6 Å². The van der Waals surface area contributed by atoms with Gasteiger partial charge in [-0.05, 0) is 36.2 Å². The van der Waals surface area contributed by atoms with Gasteiger partial charge in [0.25, 0.3) is 0 Å². The zero-order chi connectivity index (χ0) is 20.1. The van der Waals surface area contributed by atoms with Gasteiger partial charge in [0.05, 0.1) is 11.9 Å². The molecule has 2 aromatic carbocycles. The number of piperazine rings is 1. The van der Waals surface area contributed by atoms with Gasteiger partial charge >= 0.3 is 0 Å². The second-order valence-electron chi connectivity index (χ2n) is 7.63. The van der Waals surface area contributed by atoms with Gasteiger partial charge in [-0.25, -0.2) is 4.39 Å². The van der Waals surface area contributed by atoms with Crippen LogP contribution < -0.4 is 0 Å². The lowest BCUT2D eigenvalue weighted by atomic mass is 10.0. The van der Waals surface area contributed by atoms with Gasteiger partial charge in [0, 0.05) is 56.5 Å². The van der Waals surface area contributed by atoms with E-state index in [4.69, 9.17) is 0 Å². The minimum absolute atomic E-state index is 0.191. The summed E-state index contributed by atoms with van der Waals surface area (Å²) in [5.74, 6) is -0.240. The molecule has 5 nitrogen and oxygen atoms in total. The largest absolute Gasteiger partial charge is 0.396 e. The zero-order valence-electron chi connectivity index (χ0n) is 16.5. The fourth-order valence-electron chi connectivity index (χ4n) is 4.09. The first-order valence-electron chi connectivity index (χ1n) is 10.1. The first-order valence-corrected chi connectivity index (χ1v) is 10.1. The van der Waals surface area contributed by atoms with E-state index < -0.39 is 0 Å². The first-order chi connectivity index (χ1) is 14.2. The number of aromatic nitrogens is 2. The third kappa shape index (κ3) is 4.90. The molecule has 29 heavy (non-hydrogen) atoms. The summed E-state index contributed by atoms with van der Waals surface area (Å²) in [6, 6.07) is 17.3. The lowest BCUT2D eigenvalue weighted by Gasteiger charge is -2.41. The van der Waals surface area contributed by atoms with E-state index in [0.717, 1.165) is 56.0 Å². The molecule has 0 spiro atoms. The molecule has 0 amide bonds. The highest BCUT2D eigenvalue weighted by molar-refractivity contribution is 5.62. The Hall–Kier alpha value is -2.54. The smallest absolute Gasteiger partial charge is 0.123 e. The van der Waals surface area contributed by atoms with Crippen molar-refractivity contribution >= 4 is 0 Å².